The molecule has 1 N–H and O–H groups in total. The Hall–Kier alpha value is -1.06. The quantitative estimate of drug-likeness (QED) is 0.894. The Morgan fingerprint density at radius 2 is 2.10 bits per heavy atom. The molecule has 1 heterocycles. The Morgan fingerprint density at radius 1 is 1.30 bits per heavy atom. The second-order valence-corrected chi connectivity index (χ2v) is 5.71. The molecule has 1 aromatic carbocycles. The molecule has 0 spiro atoms. The van der Waals surface area contributed by atoms with Gasteiger partial charge in [0.25, 0.3) is 0 Å². The van der Waals surface area contributed by atoms with Crippen molar-refractivity contribution in [3.63, 3.8) is 0 Å². The third-order valence-corrected chi connectivity index (χ3v) is 4.26. The molecule has 2 unspecified atom stereocenters. The number of rotatable bonds is 5. The van der Waals surface area contributed by atoms with Gasteiger partial charge in [-0.1, -0.05) is 24.6 Å². The van der Waals surface area contributed by atoms with Crippen LogP contribution in [-0.4, -0.2) is 38.7 Å². The molecule has 2 atom stereocenters. The van der Waals surface area contributed by atoms with Crippen molar-refractivity contribution < 1.29 is 4.74 Å². The minimum Gasteiger partial charge on any atom is -0.494 e. The summed E-state index contributed by atoms with van der Waals surface area (Å²) in [5, 5.41) is 3.37. The van der Waals surface area contributed by atoms with Crippen molar-refractivity contribution >= 4 is 0 Å². The van der Waals surface area contributed by atoms with E-state index in [1.807, 2.05) is 0 Å². The van der Waals surface area contributed by atoms with Crippen molar-refractivity contribution in [1.82, 2.24) is 10.2 Å². The fraction of sp³-hybridized carbons (Fsp3) is 0.647. The molecular formula is C17H28N2O. The third-order valence-electron chi connectivity index (χ3n) is 4.26. The van der Waals surface area contributed by atoms with Crippen LogP contribution in [0.3, 0.4) is 0 Å². The van der Waals surface area contributed by atoms with Gasteiger partial charge in [-0.15, -0.1) is 0 Å². The monoisotopic (exact) mass is 276 g/mol. The van der Waals surface area contributed by atoms with Crippen LogP contribution in [0.5, 0.6) is 5.75 Å². The topological polar surface area (TPSA) is 24.5 Å². The minimum atomic E-state index is 0.452. The summed E-state index contributed by atoms with van der Waals surface area (Å²) < 4.78 is 5.86. The van der Waals surface area contributed by atoms with Gasteiger partial charge in [0.05, 0.1) is 6.61 Å². The van der Waals surface area contributed by atoms with Crippen molar-refractivity contribution in [2.45, 2.75) is 32.2 Å². The summed E-state index contributed by atoms with van der Waals surface area (Å²) in [6.45, 7) is 5.02. The summed E-state index contributed by atoms with van der Waals surface area (Å²) in [6.07, 6.45) is 3.91. The van der Waals surface area contributed by atoms with Crippen LogP contribution in [0.15, 0.2) is 24.3 Å². The summed E-state index contributed by atoms with van der Waals surface area (Å²) >= 11 is 0. The van der Waals surface area contributed by atoms with Gasteiger partial charge in [-0.05, 0) is 58.9 Å². The van der Waals surface area contributed by atoms with Crippen LogP contribution in [-0.2, 0) is 0 Å². The van der Waals surface area contributed by atoms with Gasteiger partial charge in [0.1, 0.15) is 5.75 Å². The molecule has 1 aromatic rings. The Labute approximate surface area is 123 Å². The first kappa shape index (κ1) is 15.3. The number of hydrogen-bond acceptors (Lipinski definition) is 3. The number of nitrogens with one attached hydrogen (secondary N) is 1. The largest absolute Gasteiger partial charge is 0.494 e. The van der Waals surface area contributed by atoms with E-state index in [4.69, 9.17) is 4.74 Å². The molecule has 1 fully saturated rings. The Kier molecular flexibility index (Phi) is 5.86. The second-order valence-electron chi connectivity index (χ2n) is 5.71. The SMILES string of the molecule is CCOc1ccccc1C1C(CNC)CCCCN1C. The lowest BCUT2D eigenvalue weighted by Gasteiger charge is -2.33. The van der Waals surface area contributed by atoms with Gasteiger partial charge in [-0.3, -0.25) is 4.90 Å². The minimum absolute atomic E-state index is 0.452. The normalized spacial score (nSPS) is 24.4. The molecule has 1 aliphatic heterocycles. The van der Waals surface area contributed by atoms with Crippen molar-refractivity contribution in [2.75, 3.05) is 33.8 Å². The molecule has 0 bridgehead atoms. The Bertz CT molecular complexity index is 408. The number of nitrogens with zero attached hydrogens (tertiary/aromatic N) is 1. The summed E-state index contributed by atoms with van der Waals surface area (Å²) in [6, 6.07) is 8.99. The highest BCUT2D eigenvalue weighted by molar-refractivity contribution is 5.36. The average Bonchev–Trinajstić information content (AvgIpc) is 2.62. The third kappa shape index (κ3) is 3.53. The van der Waals surface area contributed by atoms with E-state index in [1.54, 1.807) is 0 Å². The molecule has 112 valence electrons. The van der Waals surface area contributed by atoms with E-state index < -0.39 is 0 Å². The van der Waals surface area contributed by atoms with Gasteiger partial charge in [-0.25, -0.2) is 0 Å². The van der Waals surface area contributed by atoms with E-state index in [1.165, 1.54) is 31.4 Å². The molecule has 3 nitrogen and oxygen atoms in total. The van der Waals surface area contributed by atoms with Gasteiger partial charge in [-0.2, -0.15) is 0 Å². The molecule has 20 heavy (non-hydrogen) atoms. The smallest absolute Gasteiger partial charge is 0.124 e. The van der Waals surface area contributed by atoms with Gasteiger partial charge < -0.3 is 10.1 Å². The summed E-state index contributed by atoms with van der Waals surface area (Å²) in [5.41, 5.74) is 1.35. The van der Waals surface area contributed by atoms with Crippen molar-refractivity contribution in [1.29, 1.82) is 0 Å². The summed E-state index contributed by atoms with van der Waals surface area (Å²) in [5.74, 6) is 1.70. The van der Waals surface area contributed by atoms with Crippen molar-refractivity contribution in [2.24, 2.45) is 5.92 Å². The predicted octanol–water partition coefficient (Wildman–Crippen LogP) is 3.08. The van der Waals surface area contributed by atoms with Crippen LogP contribution in [0, 0.1) is 5.92 Å². The van der Waals surface area contributed by atoms with Crippen LogP contribution in [0.4, 0.5) is 0 Å². The maximum Gasteiger partial charge on any atom is 0.124 e. The highest BCUT2D eigenvalue weighted by atomic mass is 16.5. The molecule has 0 saturated carbocycles. The van der Waals surface area contributed by atoms with Gasteiger partial charge >= 0.3 is 0 Å². The molecule has 0 amide bonds. The molecule has 1 saturated heterocycles. The predicted molar refractivity (Wildman–Crippen MR) is 84.2 cm³/mol. The average molecular weight is 276 g/mol. The Balaban J connectivity index is 2.33. The van der Waals surface area contributed by atoms with Crippen LogP contribution >= 0.6 is 0 Å². The van der Waals surface area contributed by atoms with E-state index in [2.05, 4.69) is 55.5 Å². The van der Waals surface area contributed by atoms with Gasteiger partial charge in [0.15, 0.2) is 0 Å². The number of benzene rings is 1. The number of para-hydroxylation sites is 1. The Morgan fingerprint density at radius 3 is 2.85 bits per heavy atom. The summed E-state index contributed by atoms with van der Waals surface area (Å²) in [7, 11) is 4.30. The molecule has 3 heteroatoms. The zero-order chi connectivity index (χ0) is 14.4. The van der Waals surface area contributed by atoms with Crippen LogP contribution in [0.25, 0.3) is 0 Å². The maximum absolute atomic E-state index is 5.86. The number of ether oxygens (including phenoxy) is 1. The first-order valence-corrected chi connectivity index (χ1v) is 7.84. The number of hydrogen-bond donors (Lipinski definition) is 1. The lowest BCUT2D eigenvalue weighted by atomic mass is 9.88. The fourth-order valence-corrected chi connectivity index (χ4v) is 3.40. The molecular weight excluding hydrogens is 248 g/mol. The van der Waals surface area contributed by atoms with Crippen LogP contribution in [0.1, 0.15) is 37.8 Å². The van der Waals surface area contributed by atoms with Crippen LogP contribution < -0.4 is 10.1 Å². The lowest BCUT2D eigenvalue weighted by Crippen LogP contribution is -2.34. The standard InChI is InChI=1S/C17H28N2O/c1-4-20-16-11-6-5-10-15(16)17-14(13-18-2)9-7-8-12-19(17)3/h5-6,10-11,14,17-18H,4,7-9,12-13H2,1-3H3. The molecule has 1 aliphatic rings. The zero-order valence-corrected chi connectivity index (χ0v) is 13.1. The second kappa shape index (κ2) is 7.65. The van der Waals surface area contributed by atoms with Gasteiger partial charge in [0, 0.05) is 11.6 Å². The van der Waals surface area contributed by atoms with E-state index in [0.29, 0.717) is 12.0 Å². The van der Waals surface area contributed by atoms with Crippen molar-refractivity contribution in [3.8, 4) is 5.75 Å². The highest BCUT2D eigenvalue weighted by Crippen LogP contribution is 2.38. The van der Waals surface area contributed by atoms with Crippen molar-refractivity contribution in [3.05, 3.63) is 29.8 Å². The molecule has 2 rings (SSSR count). The molecule has 0 radical (unpaired) electrons. The highest BCUT2D eigenvalue weighted by Gasteiger charge is 2.30. The zero-order valence-electron chi connectivity index (χ0n) is 13.1. The number of likely N-dealkylation sites (tertiary alicyclic amines) is 1. The van der Waals surface area contributed by atoms with Gasteiger partial charge in [0.2, 0.25) is 0 Å². The van der Waals surface area contributed by atoms with E-state index >= 15 is 0 Å². The first-order valence-electron chi connectivity index (χ1n) is 7.84. The van der Waals surface area contributed by atoms with E-state index in [0.717, 1.165) is 18.9 Å². The maximum atomic E-state index is 5.86. The van der Waals surface area contributed by atoms with E-state index in [-0.39, 0.29) is 0 Å². The van der Waals surface area contributed by atoms with E-state index in [9.17, 15) is 0 Å². The lowest BCUT2D eigenvalue weighted by molar-refractivity contribution is 0.185. The summed E-state index contributed by atoms with van der Waals surface area (Å²) in [4.78, 5) is 2.51. The molecule has 0 aromatic heterocycles. The molecule has 0 aliphatic carbocycles. The fourth-order valence-electron chi connectivity index (χ4n) is 3.40. The first-order chi connectivity index (χ1) is 9.77. The van der Waals surface area contributed by atoms with Crippen LogP contribution in [0.2, 0.25) is 0 Å².